The quantitative estimate of drug-likeness (QED) is 0.900. The average molecular weight is 276 g/mol. The number of carbonyl (C=O) groups is 1. The summed E-state index contributed by atoms with van der Waals surface area (Å²) < 4.78 is 11.1. The van der Waals surface area contributed by atoms with Crippen molar-refractivity contribution in [3.05, 3.63) is 23.8 Å². The molecule has 3 rings (SSSR count). The number of morpholine rings is 1. The predicted molar refractivity (Wildman–Crippen MR) is 76.1 cm³/mol. The van der Waals surface area contributed by atoms with Crippen LogP contribution in [0.25, 0.3) is 0 Å². The summed E-state index contributed by atoms with van der Waals surface area (Å²) >= 11 is 0. The van der Waals surface area contributed by atoms with Crippen molar-refractivity contribution >= 4 is 11.6 Å². The van der Waals surface area contributed by atoms with Crippen LogP contribution in [0.15, 0.2) is 18.2 Å². The van der Waals surface area contributed by atoms with Gasteiger partial charge in [0.25, 0.3) is 0 Å². The number of aryl methyl sites for hydroxylation is 1. The van der Waals surface area contributed by atoms with Crippen molar-refractivity contribution in [1.29, 1.82) is 0 Å². The summed E-state index contributed by atoms with van der Waals surface area (Å²) in [6.07, 6.45) is 1.39. The van der Waals surface area contributed by atoms with Crippen molar-refractivity contribution in [2.24, 2.45) is 0 Å². The first-order valence-corrected chi connectivity index (χ1v) is 7.17. The average Bonchev–Trinajstić information content (AvgIpc) is 2.48. The first kappa shape index (κ1) is 13.4. The zero-order valence-electron chi connectivity index (χ0n) is 11.6. The van der Waals surface area contributed by atoms with Gasteiger partial charge in [-0.1, -0.05) is 6.07 Å². The summed E-state index contributed by atoms with van der Waals surface area (Å²) in [4.78, 5) is 13.7. The molecule has 2 aliphatic heterocycles. The van der Waals surface area contributed by atoms with Gasteiger partial charge in [0.05, 0.1) is 13.2 Å². The maximum Gasteiger partial charge on any atom is 0.224 e. The van der Waals surface area contributed by atoms with Crippen molar-refractivity contribution in [1.82, 2.24) is 4.90 Å². The van der Waals surface area contributed by atoms with E-state index in [1.54, 1.807) is 0 Å². The van der Waals surface area contributed by atoms with Crippen molar-refractivity contribution in [3.8, 4) is 5.75 Å². The molecule has 0 spiro atoms. The van der Waals surface area contributed by atoms with Gasteiger partial charge >= 0.3 is 0 Å². The topological polar surface area (TPSA) is 50.8 Å². The number of amides is 1. The van der Waals surface area contributed by atoms with Crippen LogP contribution >= 0.6 is 0 Å². The van der Waals surface area contributed by atoms with Gasteiger partial charge in [-0.25, -0.2) is 0 Å². The van der Waals surface area contributed by atoms with Crippen LogP contribution in [0.4, 0.5) is 5.69 Å². The molecule has 0 aromatic heterocycles. The molecule has 1 amide bonds. The summed E-state index contributed by atoms with van der Waals surface area (Å²) in [6.45, 7) is 5.14. The minimum Gasteiger partial charge on any atom is -0.492 e. The summed E-state index contributed by atoms with van der Waals surface area (Å²) in [5.41, 5.74) is 2.08. The van der Waals surface area contributed by atoms with Crippen molar-refractivity contribution in [2.45, 2.75) is 12.8 Å². The fourth-order valence-corrected chi connectivity index (χ4v) is 2.56. The number of nitrogens with one attached hydrogen (secondary N) is 1. The molecule has 0 saturated carbocycles. The number of ether oxygens (including phenoxy) is 2. The molecule has 0 bridgehead atoms. The standard InChI is InChI=1S/C15H20N2O3/c18-15-4-2-12-1-3-13(11-14(12)16-15)20-10-7-17-5-8-19-9-6-17/h1,3,11H,2,4-10H2,(H,16,18). The Hall–Kier alpha value is -1.59. The molecule has 2 heterocycles. The van der Waals surface area contributed by atoms with E-state index in [4.69, 9.17) is 9.47 Å². The van der Waals surface area contributed by atoms with Gasteiger partial charge in [0.2, 0.25) is 5.91 Å². The van der Waals surface area contributed by atoms with Crippen LogP contribution < -0.4 is 10.1 Å². The summed E-state index contributed by atoms with van der Waals surface area (Å²) in [5, 5.41) is 2.89. The lowest BCUT2D eigenvalue weighted by molar-refractivity contribution is -0.116. The first-order valence-electron chi connectivity index (χ1n) is 7.17. The van der Waals surface area contributed by atoms with Gasteiger partial charge in [-0.15, -0.1) is 0 Å². The maximum atomic E-state index is 11.4. The van der Waals surface area contributed by atoms with E-state index >= 15 is 0 Å². The Balaban J connectivity index is 1.52. The number of hydrogen-bond donors (Lipinski definition) is 1. The normalized spacial score (nSPS) is 19.3. The van der Waals surface area contributed by atoms with E-state index in [9.17, 15) is 4.79 Å². The van der Waals surface area contributed by atoms with E-state index in [0.717, 1.165) is 50.7 Å². The third-order valence-electron chi connectivity index (χ3n) is 3.76. The van der Waals surface area contributed by atoms with Gasteiger partial charge in [-0.05, 0) is 18.1 Å². The zero-order valence-corrected chi connectivity index (χ0v) is 11.6. The Morgan fingerprint density at radius 3 is 2.95 bits per heavy atom. The molecule has 0 unspecified atom stereocenters. The molecule has 20 heavy (non-hydrogen) atoms. The van der Waals surface area contributed by atoms with E-state index in [2.05, 4.69) is 10.2 Å². The lowest BCUT2D eigenvalue weighted by Crippen LogP contribution is -2.38. The smallest absolute Gasteiger partial charge is 0.224 e. The molecule has 2 aliphatic rings. The lowest BCUT2D eigenvalue weighted by atomic mass is 10.0. The summed E-state index contributed by atoms with van der Waals surface area (Å²) in [6, 6.07) is 5.94. The Morgan fingerprint density at radius 2 is 2.10 bits per heavy atom. The number of anilines is 1. The van der Waals surface area contributed by atoms with E-state index in [1.807, 2.05) is 18.2 Å². The maximum absolute atomic E-state index is 11.4. The predicted octanol–water partition coefficient (Wildman–Crippen LogP) is 1.28. The molecule has 1 N–H and O–H groups in total. The molecule has 1 saturated heterocycles. The third-order valence-corrected chi connectivity index (χ3v) is 3.76. The second-order valence-electron chi connectivity index (χ2n) is 5.17. The second kappa shape index (κ2) is 6.24. The van der Waals surface area contributed by atoms with E-state index in [-0.39, 0.29) is 5.91 Å². The Labute approximate surface area is 118 Å². The van der Waals surface area contributed by atoms with E-state index < -0.39 is 0 Å². The van der Waals surface area contributed by atoms with Crippen LogP contribution in [0.1, 0.15) is 12.0 Å². The van der Waals surface area contributed by atoms with Crippen LogP contribution in [-0.2, 0) is 16.0 Å². The van der Waals surface area contributed by atoms with E-state index in [1.165, 1.54) is 5.56 Å². The Bertz CT molecular complexity index is 484. The number of benzene rings is 1. The van der Waals surface area contributed by atoms with Gasteiger partial charge in [0.15, 0.2) is 0 Å². The number of fused-ring (bicyclic) bond motifs is 1. The molecule has 0 radical (unpaired) electrons. The monoisotopic (exact) mass is 276 g/mol. The highest BCUT2D eigenvalue weighted by molar-refractivity contribution is 5.94. The van der Waals surface area contributed by atoms with Crippen molar-refractivity contribution in [2.75, 3.05) is 44.8 Å². The minimum absolute atomic E-state index is 0.0861. The molecular formula is C15H20N2O3. The molecular weight excluding hydrogens is 256 g/mol. The minimum atomic E-state index is 0.0861. The molecule has 108 valence electrons. The zero-order chi connectivity index (χ0) is 13.8. The molecule has 0 atom stereocenters. The number of carbonyl (C=O) groups excluding carboxylic acids is 1. The molecule has 1 aromatic carbocycles. The first-order chi connectivity index (χ1) is 9.81. The highest BCUT2D eigenvalue weighted by Crippen LogP contribution is 2.27. The molecule has 5 heteroatoms. The van der Waals surface area contributed by atoms with Crippen LogP contribution in [0.3, 0.4) is 0 Å². The number of rotatable bonds is 4. The Morgan fingerprint density at radius 1 is 1.25 bits per heavy atom. The molecule has 0 aliphatic carbocycles. The van der Waals surface area contributed by atoms with Crippen molar-refractivity contribution in [3.63, 3.8) is 0 Å². The summed E-state index contributed by atoms with van der Waals surface area (Å²) in [5.74, 6) is 0.905. The third kappa shape index (κ3) is 3.29. The van der Waals surface area contributed by atoms with Gasteiger partial charge in [-0.3, -0.25) is 9.69 Å². The van der Waals surface area contributed by atoms with Crippen LogP contribution in [0.2, 0.25) is 0 Å². The molecule has 5 nitrogen and oxygen atoms in total. The van der Waals surface area contributed by atoms with Crippen LogP contribution in [-0.4, -0.2) is 50.3 Å². The Kier molecular flexibility index (Phi) is 4.18. The summed E-state index contributed by atoms with van der Waals surface area (Å²) in [7, 11) is 0. The highest BCUT2D eigenvalue weighted by Gasteiger charge is 2.15. The fraction of sp³-hybridized carbons (Fsp3) is 0.533. The van der Waals surface area contributed by atoms with Crippen molar-refractivity contribution < 1.29 is 14.3 Å². The molecule has 1 aromatic rings. The highest BCUT2D eigenvalue weighted by atomic mass is 16.5. The molecule has 1 fully saturated rings. The van der Waals surface area contributed by atoms with Gasteiger partial charge < -0.3 is 14.8 Å². The largest absolute Gasteiger partial charge is 0.492 e. The van der Waals surface area contributed by atoms with Gasteiger partial charge in [0, 0.05) is 37.8 Å². The number of hydrogen-bond acceptors (Lipinski definition) is 4. The lowest BCUT2D eigenvalue weighted by Gasteiger charge is -2.26. The fourth-order valence-electron chi connectivity index (χ4n) is 2.56. The van der Waals surface area contributed by atoms with Gasteiger partial charge in [-0.2, -0.15) is 0 Å². The van der Waals surface area contributed by atoms with E-state index in [0.29, 0.717) is 13.0 Å². The second-order valence-corrected chi connectivity index (χ2v) is 5.17. The SMILES string of the molecule is O=C1CCc2ccc(OCCN3CCOCC3)cc2N1. The number of nitrogens with zero attached hydrogens (tertiary/aromatic N) is 1. The van der Waals surface area contributed by atoms with Crippen LogP contribution in [0.5, 0.6) is 5.75 Å². The van der Waals surface area contributed by atoms with Gasteiger partial charge in [0.1, 0.15) is 12.4 Å². The van der Waals surface area contributed by atoms with Crippen LogP contribution in [0, 0.1) is 0 Å².